The maximum absolute atomic E-state index is 13.2. The number of carboxylic acid groups (broad SMARTS) is 1. The molecule has 3 rings (SSSR count). The molecule has 1 heterocycles. The highest BCUT2D eigenvalue weighted by Crippen LogP contribution is 2.38. The Morgan fingerprint density at radius 3 is 2.48 bits per heavy atom. The lowest BCUT2D eigenvalue weighted by Crippen LogP contribution is -2.30. The molecule has 27 heavy (non-hydrogen) atoms. The number of carboxylic acids is 1. The zero-order chi connectivity index (χ0) is 19.7. The van der Waals surface area contributed by atoms with E-state index in [-0.39, 0.29) is 23.8 Å². The molecule has 1 fully saturated rings. The third-order valence-corrected chi connectivity index (χ3v) is 4.88. The van der Waals surface area contributed by atoms with Crippen molar-refractivity contribution in [1.82, 2.24) is 4.90 Å². The van der Waals surface area contributed by atoms with Crippen LogP contribution in [0.1, 0.15) is 33.9 Å². The minimum absolute atomic E-state index is 0.0298. The Morgan fingerprint density at radius 2 is 1.85 bits per heavy atom. The van der Waals surface area contributed by atoms with Crippen molar-refractivity contribution in [3.05, 3.63) is 65.0 Å². The van der Waals surface area contributed by atoms with Crippen molar-refractivity contribution >= 4 is 23.5 Å². The number of carbonyl (C=O) groups is 3. The normalized spacial score (nSPS) is 19.2. The molecule has 0 radical (unpaired) electrons. The first kappa shape index (κ1) is 18.6. The van der Waals surface area contributed by atoms with E-state index in [0.717, 1.165) is 0 Å². The number of rotatable bonds is 4. The van der Waals surface area contributed by atoms with Crippen molar-refractivity contribution in [2.24, 2.45) is 5.92 Å². The van der Waals surface area contributed by atoms with Gasteiger partial charge in [-0.1, -0.05) is 18.2 Å². The van der Waals surface area contributed by atoms with E-state index in [9.17, 15) is 18.8 Å². The van der Waals surface area contributed by atoms with Crippen LogP contribution in [0.4, 0.5) is 10.1 Å². The third kappa shape index (κ3) is 3.67. The van der Waals surface area contributed by atoms with Crippen molar-refractivity contribution in [1.29, 1.82) is 0 Å². The molecule has 2 aromatic rings. The number of benzene rings is 2. The van der Waals surface area contributed by atoms with E-state index in [1.807, 2.05) is 0 Å². The second kappa shape index (κ2) is 7.19. The van der Waals surface area contributed by atoms with Gasteiger partial charge < -0.3 is 15.3 Å². The largest absolute Gasteiger partial charge is 0.478 e. The highest BCUT2D eigenvalue weighted by molar-refractivity contribution is 5.99. The number of hydrogen-bond donors (Lipinski definition) is 2. The van der Waals surface area contributed by atoms with Gasteiger partial charge in [0.25, 0.3) is 0 Å². The average Bonchev–Trinajstić information content (AvgIpc) is 2.92. The van der Waals surface area contributed by atoms with Gasteiger partial charge in [-0.15, -0.1) is 0 Å². The summed E-state index contributed by atoms with van der Waals surface area (Å²) < 4.78 is 13.2. The van der Waals surface area contributed by atoms with Crippen LogP contribution >= 0.6 is 0 Å². The Kier molecular flexibility index (Phi) is 4.94. The minimum Gasteiger partial charge on any atom is -0.478 e. The number of carbonyl (C=O) groups excluding carboxylic acids is 2. The second-order valence-corrected chi connectivity index (χ2v) is 6.64. The van der Waals surface area contributed by atoms with E-state index in [1.54, 1.807) is 32.2 Å². The molecule has 0 aromatic heterocycles. The predicted molar refractivity (Wildman–Crippen MR) is 96.8 cm³/mol. The summed E-state index contributed by atoms with van der Waals surface area (Å²) in [5.41, 5.74) is 1.83. The van der Waals surface area contributed by atoms with E-state index < -0.39 is 23.7 Å². The number of nitrogens with zero attached hydrogens (tertiary/aromatic N) is 1. The Balaban J connectivity index is 1.88. The van der Waals surface area contributed by atoms with E-state index >= 15 is 0 Å². The van der Waals surface area contributed by atoms with Crippen LogP contribution in [0.15, 0.2) is 42.5 Å². The number of amides is 2. The Labute approximate surface area is 155 Å². The molecule has 1 aliphatic rings. The Hall–Kier alpha value is -3.22. The SMILES string of the molecule is Cc1ccc(C(=O)O)cc1NC(=O)C1CC(=O)N(C)C1c1ccc(F)cc1. The number of halogens is 1. The Bertz CT molecular complexity index is 911. The van der Waals surface area contributed by atoms with Crippen molar-refractivity contribution < 1.29 is 23.9 Å². The van der Waals surface area contributed by atoms with Gasteiger partial charge in [-0.25, -0.2) is 9.18 Å². The standard InChI is InChI=1S/C20H19FN2O4/c1-11-3-4-13(20(26)27)9-16(11)22-19(25)15-10-17(24)23(2)18(15)12-5-7-14(21)8-6-12/h3-9,15,18H,10H2,1-2H3,(H,22,25)(H,26,27). The maximum atomic E-state index is 13.2. The van der Waals surface area contributed by atoms with Crippen molar-refractivity contribution in [2.75, 3.05) is 12.4 Å². The Morgan fingerprint density at radius 1 is 1.19 bits per heavy atom. The van der Waals surface area contributed by atoms with Crippen LogP contribution in [-0.4, -0.2) is 34.8 Å². The molecular weight excluding hydrogens is 351 g/mol. The van der Waals surface area contributed by atoms with E-state index in [0.29, 0.717) is 16.8 Å². The topological polar surface area (TPSA) is 86.7 Å². The minimum atomic E-state index is -1.09. The van der Waals surface area contributed by atoms with Gasteiger partial charge in [0.2, 0.25) is 11.8 Å². The first-order chi connectivity index (χ1) is 12.8. The highest BCUT2D eigenvalue weighted by atomic mass is 19.1. The van der Waals surface area contributed by atoms with Crippen LogP contribution in [0.25, 0.3) is 0 Å². The van der Waals surface area contributed by atoms with Gasteiger partial charge in [0.1, 0.15) is 5.82 Å². The molecule has 140 valence electrons. The number of hydrogen-bond acceptors (Lipinski definition) is 3. The van der Waals surface area contributed by atoms with Crippen LogP contribution in [0, 0.1) is 18.7 Å². The monoisotopic (exact) mass is 370 g/mol. The number of aryl methyl sites for hydroxylation is 1. The molecule has 1 aliphatic heterocycles. The molecular formula is C20H19FN2O4. The number of aromatic carboxylic acids is 1. The molecule has 2 aromatic carbocycles. The fourth-order valence-electron chi connectivity index (χ4n) is 3.34. The first-order valence-corrected chi connectivity index (χ1v) is 8.44. The van der Waals surface area contributed by atoms with Crippen LogP contribution in [0.3, 0.4) is 0 Å². The molecule has 2 atom stereocenters. The summed E-state index contributed by atoms with van der Waals surface area (Å²) >= 11 is 0. The lowest BCUT2D eigenvalue weighted by Gasteiger charge is -2.25. The molecule has 0 spiro atoms. The molecule has 1 saturated heterocycles. The van der Waals surface area contributed by atoms with Crippen molar-refractivity contribution in [2.45, 2.75) is 19.4 Å². The summed E-state index contributed by atoms with van der Waals surface area (Å²) in [7, 11) is 1.61. The van der Waals surface area contributed by atoms with Crippen LogP contribution < -0.4 is 5.32 Å². The molecule has 2 unspecified atom stereocenters. The molecule has 0 saturated carbocycles. The summed E-state index contributed by atoms with van der Waals surface area (Å²) in [6.45, 7) is 1.75. The third-order valence-electron chi connectivity index (χ3n) is 4.88. The average molecular weight is 370 g/mol. The number of nitrogens with one attached hydrogen (secondary N) is 1. The molecule has 0 bridgehead atoms. The summed E-state index contributed by atoms with van der Waals surface area (Å²) in [4.78, 5) is 37.7. The predicted octanol–water partition coefficient (Wildman–Crippen LogP) is 2.99. The fourth-order valence-corrected chi connectivity index (χ4v) is 3.34. The van der Waals surface area contributed by atoms with E-state index in [1.165, 1.54) is 29.2 Å². The highest BCUT2D eigenvalue weighted by Gasteiger charge is 2.42. The van der Waals surface area contributed by atoms with Gasteiger partial charge in [-0.05, 0) is 42.3 Å². The van der Waals surface area contributed by atoms with Gasteiger partial charge in [0.05, 0.1) is 17.5 Å². The van der Waals surface area contributed by atoms with Crippen LogP contribution in [0.2, 0.25) is 0 Å². The second-order valence-electron chi connectivity index (χ2n) is 6.64. The zero-order valence-corrected chi connectivity index (χ0v) is 14.9. The van der Waals surface area contributed by atoms with Crippen LogP contribution in [0.5, 0.6) is 0 Å². The van der Waals surface area contributed by atoms with Crippen molar-refractivity contribution in [3.63, 3.8) is 0 Å². The molecule has 0 aliphatic carbocycles. The van der Waals surface area contributed by atoms with Crippen LogP contribution in [-0.2, 0) is 9.59 Å². The maximum Gasteiger partial charge on any atom is 0.335 e. The number of likely N-dealkylation sites (tertiary alicyclic amines) is 1. The van der Waals surface area contributed by atoms with E-state index in [2.05, 4.69) is 5.32 Å². The van der Waals surface area contributed by atoms with E-state index in [4.69, 9.17) is 5.11 Å². The smallest absolute Gasteiger partial charge is 0.335 e. The number of anilines is 1. The quantitative estimate of drug-likeness (QED) is 0.866. The molecule has 2 amide bonds. The van der Waals surface area contributed by atoms with Gasteiger partial charge >= 0.3 is 5.97 Å². The molecule has 2 N–H and O–H groups in total. The molecule has 7 heteroatoms. The summed E-state index contributed by atoms with van der Waals surface area (Å²) in [6, 6.07) is 9.66. The lowest BCUT2D eigenvalue weighted by molar-refractivity contribution is -0.128. The molecule has 6 nitrogen and oxygen atoms in total. The summed E-state index contributed by atoms with van der Waals surface area (Å²) in [5, 5.41) is 11.9. The first-order valence-electron chi connectivity index (χ1n) is 8.44. The fraction of sp³-hybridized carbons (Fsp3) is 0.250. The van der Waals surface area contributed by atoms with Crippen molar-refractivity contribution in [3.8, 4) is 0 Å². The van der Waals surface area contributed by atoms with Gasteiger partial charge in [-0.2, -0.15) is 0 Å². The van der Waals surface area contributed by atoms with Gasteiger partial charge in [0.15, 0.2) is 0 Å². The zero-order valence-electron chi connectivity index (χ0n) is 14.9. The van der Waals surface area contributed by atoms with Gasteiger partial charge in [0, 0.05) is 19.2 Å². The summed E-state index contributed by atoms with van der Waals surface area (Å²) in [6.07, 6.45) is 0.0298. The lowest BCUT2D eigenvalue weighted by atomic mass is 9.92. The summed E-state index contributed by atoms with van der Waals surface area (Å²) in [5.74, 6) is -2.72. The van der Waals surface area contributed by atoms with Gasteiger partial charge in [-0.3, -0.25) is 9.59 Å².